The maximum Gasteiger partial charge on any atom is 0.252 e. The van der Waals surface area contributed by atoms with E-state index >= 15 is 0 Å². The van der Waals surface area contributed by atoms with Crippen LogP contribution in [0.1, 0.15) is 49.7 Å². The summed E-state index contributed by atoms with van der Waals surface area (Å²) in [6, 6.07) is 14.1. The zero-order chi connectivity index (χ0) is 25.3. The smallest absolute Gasteiger partial charge is 0.252 e. The summed E-state index contributed by atoms with van der Waals surface area (Å²) in [6.45, 7) is 11.1. The van der Waals surface area contributed by atoms with E-state index in [0.29, 0.717) is 49.9 Å². The van der Waals surface area contributed by atoms with Crippen molar-refractivity contribution < 1.29 is 9.47 Å². The molecule has 0 spiro atoms. The van der Waals surface area contributed by atoms with Crippen molar-refractivity contribution in [1.29, 1.82) is 0 Å². The lowest BCUT2D eigenvalue weighted by atomic mass is 10.0. The summed E-state index contributed by atoms with van der Waals surface area (Å²) in [5.74, 6) is 2.12. The largest absolute Gasteiger partial charge is 0.486 e. The number of nitrogens with zero attached hydrogens (tertiary/aromatic N) is 5. The normalized spacial score (nSPS) is 13.5. The lowest BCUT2D eigenvalue weighted by molar-refractivity contribution is 0.172. The van der Waals surface area contributed by atoms with Crippen molar-refractivity contribution in [1.82, 2.24) is 30.1 Å². The van der Waals surface area contributed by atoms with E-state index in [4.69, 9.17) is 9.47 Å². The number of benzene rings is 2. The topological polar surface area (TPSA) is 98.2 Å². The first kappa shape index (κ1) is 24.0. The third-order valence-electron chi connectivity index (χ3n) is 6.84. The average Bonchev–Trinajstić information content (AvgIpc) is 3.34. The zero-order valence-corrected chi connectivity index (χ0v) is 21.2. The lowest BCUT2D eigenvalue weighted by Gasteiger charge is -2.27. The Labute approximate surface area is 210 Å². The Kier molecular flexibility index (Phi) is 6.49. The van der Waals surface area contributed by atoms with Crippen LogP contribution in [-0.2, 0) is 25.2 Å². The van der Waals surface area contributed by atoms with Gasteiger partial charge in [0, 0.05) is 30.1 Å². The van der Waals surface area contributed by atoms with Gasteiger partial charge in [0.05, 0.1) is 17.6 Å². The first-order valence-corrected chi connectivity index (χ1v) is 12.3. The van der Waals surface area contributed by atoms with Gasteiger partial charge in [-0.05, 0) is 55.3 Å². The zero-order valence-electron chi connectivity index (χ0n) is 21.2. The number of hydrogen-bond acceptors (Lipinski definition) is 7. The molecular formula is C27H32N6O3. The summed E-state index contributed by atoms with van der Waals surface area (Å²) in [5, 5.41) is 13.5. The second-order valence-corrected chi connectivity index (χ2v) is 10.0. The maximum absolute atomic E-state index is 13.1. The molecule has 9 nitrogen and oxygen atoms in total. The van der Waals surface area contributed by atoms with Gasteiger partial charge in [0.15, 0.2) is 17.3 Å². The second kappa shape index (κ2) is 9.73. The van der Waals surface area contributed by atoms with Crippen molar-refractivity contribution in [2.75, 3.05) is 13.2 Å². The molecule has 0 aliphatic carbocycles. The van der Waals surface area contributed by atoms with Gasteiger partial charge < -0.3 is 14.5 Å². The molecule has 36 heavy (non-hydrogen) atoms. The number of hydrogen-bond donors (Lipinski definition) is 1. The molecule has 0 fully saturated rings. The van der Waals surface area contributed by atoms with Crippen LogP contribution in [0.3, 0.4) is 0 Å². The molecule has 5 rings (SSSR count). The van der Waals surface area contributed by atoms with Gasteiger partial charge in [-0.3, -0.25) is 9.69 Å². The van der Waals surface area contributed by atoms with E-state index in [-0.39, 0.29) is 11.1 Å². The van der Waals surface area contributed by atoms with Crippen LogP contribution in [0.4, 0.5) is 0 Å². The number of aromatic amines is 1. The fourth-order valence-electron chi connectivity index (χ4n) is 4.39. The van der Waals surface area contributed by atoms with Crippen molar-refractivity contribution in [3.05, 3.63) is 75.3 Å². The SMILES string of the molecule is CCC(C)(C)n1nnnc1CN(Cc1ccc(C)cc1)Cc1cc2cc3c(cc2[nH]c1=O)OCCO3. The minimum absolute atomic E-state index is 0.124. The Balaban J connectivity index is 1.48. The van der Waals surface area contributed by atoms with Crippen LogP contribution in [-0.4, -0.2) is 43.3 Å². The molecule has 0 atom stereocenters. The molecule has 188 valence electrons. The van der Waals surface area contributed by atoms with Gasteiger partial charge in [-0.2, -0.15) is 0 Å². The van der Waals surface area contributed by atoms with E-state index in [2.05, 4.69) is 77.4 Å². The summed E-state index contributed by atoms with van der Waals surface area (Å²) in [6.07, 6.45) is 0.892. The first-order valence-electron chi connectivity index (χ1n) is 12.3. The summed E-state index contributed by atoms with van der Waals surface area (Å²) in [4.78, 5) is 18.3. The van der Waals surface area contributed by atoms with E-state index in [1.807, 2.05) is 22.9 Å². The van der Waals surface area contributed by atoms with E-state index in [1.165, 1.54) is 5.56 Å². The van der Waals surface area contributed by atoms with Crippen LogP contribution in [0.5, 0.6) is 11.5 Å². The number of fused-ring (bicyclic) bond motifs is 2. The predicted octanol–water partition coefficient (Wildman–Crippen LogP) is 3.94. The predicted molar refractivity (Wildman–Crippen MR) is 137 cm³/mol. The minimum Gasteiger partial charge on any atom is -0.486 e. The van der Waals surface area contributed by atoms with Crippen molar-refractivity contribution in [2.45, 2.75) is 59.3 Å². The standard InChI is InChI=1S/C27H32N6O3/c1-5-27(3,4)33-25(29-30-31-33)17-32(15-19-8-6-18(2)7-9-19)16-21-12-20-13-23-24(36-11-10-35-23)14-22(20)28-26(21)34/h6-9,12-14H,5,10-11,15-17H2,1-4H3,(H,28,34). The van der Waals surface area contributed by atoms with E-state index in [0.717, 1.165) is 28.7 Å². The molecule has 0 saturated heterocycles. The highest BCUT2D eigenvalue weighted by atomic mass is 16.6. The van der Waals surface area contributed by atoms with E-state index < -0.39 is 0 Å². The summed E-state index contributed by atoms with van der Waals surface area (Å²) in [7, 11) is 0. The molecule has 0 bridgehead atoms. The van der Waals surface area contributed by atoms with Gasteiger partial charge >= 0.3 is 0 Å². The number of nitrogens with one attached hydrogen (secondary N) is 1. The average molecular weight is 489 g/mol. The Morgan fingerprint density at radius 2 is 1.75 bits per heavy atom. The number of ether oxygens (including phenoxy) is 2. The molecule has 1 N–H and O–H groups in total. The van der Waals surface area contributed by atoms with Crippen LogP contribution in [0.2, 0.25) is 0 Å². The van der Waals surface area contributed by atoms with Crippen LogP contribution < -0.4 is 15.0 Å². The van der Waals surface area contributed by atoms with Gasteiger partial charge in [-0.1, -0.05) is 36.8 Å². The number of rotatable bonds is 8. The lowest BCUT2D eigenvalue weighted by Crippen LogP contribution is -2.32. The Bertz CT molecular complexity index is 1420. The summed E-state index contributed by atoms with van der Waals surface area (Å²) < 4.78 is 13.3. The highest BCUT2D eigenvalue weighted by Gasteiger charge is 2.25. The fourth-order valence-corrected chi connectivity index (χ4v) is 4.39. The van der Waals surface area contributed by atoms with E-state index in [9.17, 15) is 4.79 Å². The maximum atomic E-state index is 13.1. The highest BCUT2D eigenvalue weighted by molar-refractivity contribution is 5.83. The minimum atomic E-state index is -0.212. The number of aromatic nitrogens is 5. The molecule has 0 saturated carbocycles. The Morgan fingerprint density at radius 1 is 1.03 bits per heavy atom. The Hall–Kier alpha value is -3.72. The van der Waals surface area contributed by atoms with Crippen molar-refractivity contribution >= 4 is 10.9 Å². The molecule has 3 heterocycles. The van der Waals surface area contributed by atoms with Gasteiger partial charge in [0.1, 0.15) is 13.2 Å². The van der Waals surface area contributed by atoms with Crippen LogP contribution in [0.25, 0.3) is 10.9 Å². The highest BCUT2D eigenvalue weighted by Crippen LogP contribution is 2.33. The molecule has 0 unspecified atom stereocenters. The third kappa shape index (κ3) is 4.97. The van der Waals surface area contributed by atoms with Gasteiger partial charge in [0.2, 0.25) is 0 Å². The molecule has 4 aromatic rings. The molecule has 2 aromatic heterocycles. The van der Waals surface area contributed by atoms with Crippen molar-refractivity contribution in [3.8, 4) is 11.5 Å². The quantitative estimate of drug-likeness (QED) is 0.401. The van der Waals surface area contributed by atoms with Crippen LogP contribution in [0.15, 0.2) is 47.3 Å². The molecule has 2 aromatic carbocycles. The fraction of sp³-hybridized carbons (Fsp3) is 0.407. The van der Waals surface area contributed by atoms with E-state index in [1.54, 1.807) is 0 Å². The monoisotopic (exact) mass is 488 g/mol. The second-order valence-electron chi connectivity index (χ2n) is 10.0. The van der Waals surface area contributed by atoms with Gasteiger partial charge in [-0.15, -0.1) is 5.10 Å². The van der Waals surface area contributed by atoms with Gasteiger partial charge in [0.25, 0.3) is 5.56 Å². The Morgan fingerprint density at radius 3 is 2.47 bits per heavy atom. The first-order chi connectivity index (χ1) is 17.3. The molecule has 1 aliphatic heterocycles. The molecular weight excluding hydrogens is 456 g/mol. The summed E-state index contributed by atoms with van der Waals surface area (Å²) in [5.41, 5.74) is 3.43. The number of pyridine rings is 1. The molecule has 0 radical (unpaired) electrons. The summed E-state index contributed by atoms with van der Waals surface area (Å²) >= 11 is 0. The van der Waals surface area contributed by atoms with Crippen molar-refractivity contribution in [3.63, 3.8) is 0 Å². The third-order valence-corrected chi connectivity index (χ3v) is 6.84. The van der Waals surface area contributed by atoms with Crippen LogP contribution >= 0.6 is 0 Å². The van der Waals surface area contributed by atoms with Gasteiger partial charge in [-0.25, -0.2) is 4.68 Å². The molecule has 0 amide bonds. The number of H-pyrrole nitrogens is 1. The number of aryl methyl sites for hydroxylation is 1. The molecule has 9 heteroatoms. The van der Waals surface area contributed by atoms with Crippen LogP contribution in [0, 0.1) is 6.92 Å². The molecule has 1 aliphatic rings. The number of tetrazole rings is 1. The van der Waals surface area contributed by atoms with Crippen molar-refractivity contribution in [2.24, 2.45) is 0 Å².